The average molecular weight is 428 g/mol. The van der Waals surface area contributed by atoms with Crippen molar-refractivity contribution in [1.82, 2.24) is 14.9 Å². The highest BCUT2D eigenvalue weighted by atomic mass is 19.4. The zero-order valence-electron chi connectivity index (χ0n) is 17.1. The Hall–Kier alpha value is -3.16. The third kappa shape index (κ3) is 3.94. The minimum absolute atomic E-state index is 0.180. The Morgan fingerprint density at radius 3 is 2.39 bits per heavy atom. The summed E-state index contributed by atoms with van der Waals surface area (Å²) in [6, 6.07) is 10.5. The molecule has 2 aromatic rings. The van der Waals surface area contributed by atoms with Crippen molar-refractivity contribution in [3.63, 3.8) is 0 Å². The molecule has 0 radical (unpaired) electrons. The van der Waals surface area contributed by atoms with Crippen molar-refractivity contribution in [1.29, 1.82) is 0 Å². The van der Waals surface area contributed by atoms with E-state index in [9.17, 15) is 18.0 Å². The number of aromatic nitrogens is 2. The largest absolute Gasteiger partial charge is 0.406 e. The normalized spacial score (nSPS) is 24.1. The van der Waals surface area contributed by atoms with E-state index in [4.69, 9.17) is 0 Å². The van der Waals surface area contributed by atoms with E-state index in [2.05, 4.69) is 9.97 Å². The van der Waals surface area contributed by atoms with Crippen molar-refractivity contribution >= 4 is 17.4 Å². The number of amides is 1. The fraction of sp³-hybridized carbons (Fsp3) is 0.348. The second kappa shape index (κ2) is 8.17. The number of hydrogen-bond acceptors (Lipinski definition) is 4. The lowest BCUT2D eigenvalue weighted by molar-refractivity contribution is -0.213. The standard InChI is InChI=1S/C23H23F3N4O/c1-17-16-29(21-27-12-5-13-28-21)14-15-30(17)20(31)22(23(24,25)26)10-8-19(9-11-22)18-6-3-2-4-7-18/h2-10,12-13,17H,11,14-16H2,1H3/t17?,22-/m0/s1. The minimum atomic E-state index is -4.70. The van der Waals surface area contributed by atoms with Crippen LogP contribution in [0.4, 0.5) is 19.1 Å². The van der Waals surface area contributed by atoms with Crippen molar-refractivity contribution in [2.45, 2.75) is 25.6 Å². The number of carbonyl (C=O) groups is 1. The summed E-state index contributed by atoms with van der Waals surface area (Å²) in [6.07, 6.45) is 2.10. The van der Waals surface area contributed by atoms with Crippen molar-refractivity contribution < 1.29 is 18.0 Å². The summed E-state index contributed by atoms with van der Waals surface area (Å²) in [6.45, 7) is 2.69. The predicted molar refractivity (Wildman–Crippen MR) is 112 cm³/mol. The third-order valence-electron chi connectivity index (χ3n) is 5.91. The quantitative estimate of drug-likeness (QED) is 0.739. The smallest absolute Gasteiger partial charge is 0.337 e. The fourth-order valence-corrected chi connectivity index (χ4v) is 4.13. The number of anilines is 1. The molecule has 1 amide bonds. The van der Waals surface area contributed by atoms with Crippen LogP contribution in [-0.2, 0) is 4.79 Å². The van der Waals surface area contributed by atoms with Crippen LogP contribution in [0.5, 0.6) is 0 Å². The number of rotatable bonds is 3. The Bertz CT molecular complexity index is 991. The van der Waals surface area contributed by atoms with Crippen LogP contribution in [-0.4, -0.2) is 52.6 Å². The Morgan fingerprint density at radius 2 is 1.81 bits per heavy atom. The van der Waals surface area contributed by atoms with Gasteiger partial charge in [-0.1, -0.05) is 48.6 Å². The third-order valence-corrected chi connectivity index (χ3v) is 5.91. The Labute approximate surface area is 178 Å². The lowest BCUT2D eigenvalue weighted by Gasteiger charge is -2.44. The van der Waals surface area contributed by atoms with Crippen LogP contribution in [0.3, 0.4) is 0 Å². The summed E-state index contributed by atoms with van der Waals surface area (Å²) in [7, 11) is 0. The van der Waals surface area contributed by atoms with Crippen LogP contribution in [0, 0.1) is 5.41 Å². The lowest BCUT2D eigenvalue weighted by atomic mass is 9.76. The number of hydrogen-bond donors (Lipinski definition) is 0. The van der Waals surface area contributed by atoms with E-state index in [1.54, 1.807) is 25.4 Å². The van der Waals surface area contributed by atoms with Crippen LogP contribution in [0.15, 0.2) is 67.0 Å². The van der Waals surface area contributed by atoms with Crippen LogP contribution >= 0.6 is 0 Å². The maximum Gasteiger partial charge on any atom is 0.406 e. The van der Waals surface area contributed by atoms with Gasteiger partial charge in [0, 0.05) is 38.1 Å². The molecule has 5 nitrogen and oxygen atoms in total. The number of piperazine rings is 1. The van der Waals surface area contributed by atoms with E-state index in [1.807, 2.05) is 35.2 Å². The summed E-state index contributed by atoms with van der Waals surface area (Å²) >= 11 is 0. The molecule has 1 saturated heterocycles. The van der Waals surface area contributed by atoms with Gasteiger partial charge >= 0.3 is 6.18 Å². The molecule has 0 spiro atoms. The van der Waals surface area contributed by atoms with Crippen LogP contribution in [0.2, 0.25) is 0 Å². The number of halogens is 3. The number of benzene rings is 1. The first-order chi connectivity index (χ1) is 14.8. The van der Waals surface area contributed by atoms with Gasteiger partial charge in [0.25, 0.3) is 0 Å². The molecule has 0 saturated carbocycles. The van der Waals surface area contributed by atoms with E-state index in [1.165, 1.54) is 17.1 Å². The van der Waals surface area contributed by atoms with E-state index in [0.717, 1.165) is 11.6 Å². The molecule has 1 unspecified atom stereocenters. The highest BCUT2D eigenvalue weighted by molar-refractivity contribution is 5.89. The van der Waals surface area contributed by atoms with Gasteiger partial charge < -0.3 is 9.80 Å². The van der Waals surface area contributed by atoms with Gasteiger partial charge in [-0.05, 0) is 30.5 Å². The number of nitrogens with zero attached hydrogens (tertiary/aromatic N) is 4. The maximum absolute atomic E-state index is 14.2. The molecule has 2 heterocycles. The molecule has 8 heteroatoms. The number of alkyl halides is 3. The average Bonchev–Trinajstić information content (AvgIpc) is 2.79. The fourth-order valence-electron chi connectivity index (χ4n) is 4.13. The molecule has 0 N–H and O–H groups in total. The highest BCUT2D eigenvalue weighted by Gasteiger charge is 2.60. The monoisotopic (exact) mass is 428 g/mol. The Morgan fingerprint density at radius 1 is 1.10 bits per heavy atom. The van der Waals surface area contributed by atoms with E-state index in [0.29, 0.717) is 24.6 Å². The second-order valence-corrected chi connectivity index (χ2v) is 7.87. The molecule has 1 fully saturated rings. The van der Waals surface area contributed by atoms with Gasteiger partial charge in [-0.25, -0.2) is 9.97 Å². The molecule has 162 valence electrons. The lowest BCUT2D eigenvalue weighted by Crippen LogP contribution is -2.60. The molecule has 1 aliphatic carbocycles. The molecule has 2 aliphatic rings. The van der Waals surface area contributed by atoms with E-state index >= 15 is 0 Å². The first-order valence-corrected chi connectivity index (χ1v) is 10.2. The predicted octanol–water partition coefficient (Wildman–Crippen LogP) is 4.11. The molecule has 0 bridgehead atoms. The van der Waals surface area contributed by atoms with Crippen LogP contribution in [0.1, 0.15) is 18.9 Å². The number of allylic oxidation sites excluding steroid dienone is 3. The molecule has 31 heavy (non-hydrogen) atoms. The molecular weight excluding hydrogens is 405 g/mol. The van der Waals surface area contributed by atoms with Gasteiger partial charge in [0.15, 0.2) is 5.41 Å². The first kappa shape index (κ1) is 21.1. The minimum Gasteiger partial charge on any atom is -0.337 e. The van der Waals surface area contributed by atoms with Gasteiger partial charge in [-0.3, -0.25) is 4.79 Å². The molecule has 1 aromatic heterocycles. The highest BCUT2D eigenvalue weighted by Crippen LogP contribution is 2.48. The Balaban J connectivity index is 1.55. The molecule has 2 atom stereocenters. The van der Waals surface area contributed by atoms with Crippen LogP contribution in [0.25, 0.3) is 5.57 Å². The summed E-state index contributed by atoms with van der Waals surface area (Å²) in [4.78, 5) is 24.9. The van der Waals surface area contributed by atoms with Gasteiger partial charge in [-0.15, -0.1) is 0 Å². The number of carbonyl (C=O) groups excluding carboxylic acids is 1. The van der Waals surface area contributed by atoms with E-state index in [-0.39, 0.29) is 6.54 Å². The van der Waals surface area contributed by atoms with Gasteiger partial charge in [0.1, 0.15) is 0 Å². The first-order valence-electron chi connectivity index (χ1n) is 10.2. The zero-order valence-corrected chi connectivity index (χ0v) is 17.1. The maximum atomic E-state index is 14.2. The van der Waals surface area contributed by atoms with Gasteiger partial charge in [0.05, 0.1) is 0 Å². The van der Waals surface area contributed by atoms with Gasteiger partial charge in [-0.2, -0.15) is 13.2 Å². The molecular formula is C23H23F3N4O. The summed E-state index contributed by atoms with van der Waals surface area (Å²) < 4.78 is 42.7. The summed E-state index contributed by atoms with van der Waals surface area (Å²) in [5.74, 6) is -0.388. The molecule has 4 rings (SSSR count). The van der Waals surface area contributed by atoms with E-state index < -0.39 is 30.0 Å². The molecule has 1 aliphatic heterocycles. The van der Waals surface area contributed by atoms with Crippen molar-refractivity contribution in [2.24, 2.45) is 5.41 Å². The SMILES string of the molecule is CC1CN(c2ncccn2)CCN1C(=O)[C@]1(C(F)(F)F)C=CC(c2ccccc2)=CC1. The van der Waals surface area contributed by atoms with Crippen molar-refractivity contribution in [3.8, 4) is 0 Å². The van der Waals surface area contributed by atoms with Crippen molar-refractivity contribution in [2.75, 3.05) is 24.5 Å². The Kier molecular flexibility index (Phi) is 5.56. The van der Waals surface area contributed by atoms with Crippen LogP contribution < -0.4 is 4.90 Å². The summed E-state index contributed by atoms with van der Waals surface area (Å²) in [5.41, 5.74) is -1.04. The van der Waals surface area contributed by atoms with Gasteiger partial charge in [0.2, 0.25) is 11.9 Å². The van der Waals surface area contributed by atoms with Crippen molar-refractivity contribution in [3.05, 3.63) is 72.6 Å². The topological polar surface area (TPSA) is 49.3 Å². The molecule has 1 aromatic carbocycles. The zero-order chi connectivity index (χ0) is 22.1. The second-order valence-electron chi connectivity index (χ2n) is 7.87. The summed E-state index contributed by atoms with van der Waals surface area (Å²) in [5, 5.41) is 0.